The van der Waals surface area contributed by atoms with Gasteiger partial charge in [0.25, 0.3) is 5.69 Å². The van der Waals surface area contributed by atoms with Crippen molar-refractivity contribution in [1.29, 1.82) is 0 Å². The minimum absolute atomic E-state index is 0.113. The lowest BCUT2D eigenvalue weighted by Gasteiger charge is -2.33. The number of rotatable bonds is 8. The summed E-state index contributed by atoms with van der Waals surface area (Å²) >= 11 is 5.79. The second kappa shape index (κ2) is 9.61. The summed E-state index contributed by atoms with van der Waals surface area (Å²) in [5, 5.41) is 11.4. The van der Waals surface area contributed by atoms with Gasteiger partial charge in [-0.15, -0.1) is 0 Å². The number of nitro benzene ring substituents is 1. The van der Waals surface area contributed by atoms with Gasteiger partial charge in [0.05, 0.1) is 12.0 Å². The quantitative estimate of drug-likeness (QED) is 0.445. The summed E-state index contributed by atoms with van der Waals surface area (Å²) < 4.78 is 37.9. The SMILES string of the molecule is COc1ccc(OCCN2CCN(S(=O)(=O)c3ccc(Cl)cc3[N+](=O)[O-])CC2)cc1. The number of nitro groups is 1. The lowest BCUT2D eigenvalue weighted by molar-refractivity contribution is -0.387. The maximum Gasteiger partial charge on any atom is 0.290 e. The molecule has 0 saturated carbocycles. The van der Waals surface area contributed by atoms with E-state index < -0.39 is 20.6 Å². The number of hydrogen-bond acceptors (Lipinski definition) is 7. The molecular formula is C19H22ClN3O6S. The largest absolute Gasteiger partial charge is 0.497 e. The Balaban J connectivity index is 1.55. The third-order valence-corrected chi connectivity index (χ3v) is 6.98. The Labute approximate surface area is 180 Å². The second-order valence-electron chi connectivity index (χ2n) is 6.64. The molecule has 0 bridgehead atoms. The van der Waals surface area contributed by atoms with Gasteiger partial charge in [-0.25, -0.2) is 8.42 Å². The molecule has 3 rings (SSSR count). The van der Waals surface area contributed by atoms with Gasteiger partial charge in [-0.2, -0.15) is 4.31 Å². The highest BCUT2D eigenvalue weighted by molar-refractivity contribution is 7.89. The summed E-state index contributed by atoms with van der Waals surface area (Å²) in [5.74, 6) is 1.48. The van der Waals surface area contributed by atoms with Crippen molar-refractivity contribution in [1.82, 2.24) is 9.21 Å². The predicted octanol–water partition coefficient (Wildman–Crippen LogP) is 2.64. The van der Waals surface area contributed by atoms with E-state index in [2.05, 4.69) is 4.90 Å². The standard InChI is InChI=1S/C19H22ClN3O6S/c1-28-16-3-5-17(6-4-16)29-13-12-21-8-10-22(11-9-21)30(26,27)19-7-2-15(20)14-18(19)23(24)25/h2-7,14H,8-13H2,1H3. The molecule has 1 saturated heterocycles. The maximum atomic E-state index is 12.9. The first-order chi connectivity index (χ1) is 14.3. The molecule has 0 aromatic heterocycles. The Kier molecular flexibility index (Phi) is 7.14. The molecule has 1 aliphatic heterocycles. The lowest BCUT2D eigenvalue weighted by atomic mass is 10.3. The molecule has 0 amide bonds. The minimum Gasteiger partial charge on any atom is -0.497 e. The molecule has 1 aliphatic rings. The van der Waals surface area contributed by atoms with Crippen LogP contribution in [0.5, 0.6) is 11.5 Å². The molecule has 1 heterocycles. The first-order valence-corrected chi connectivity index (χ1v) is 11.1. The zero-order valence-electron chi connectivity index (χ0n) is 16.4. The van der Waals surface area contributed by atoms with E-state index in [0.717, 1.165) is 17.6 Å². The molecule has 30 heavy (non-hydrogen) atoms. The van der Waals surface area contributed by atoms with E-state index >= 15 is 0 Å². The zero-order valence-corrected chi connectivity index (χ0v) is 17.9. The minimum atomic E-state index is -3.98. The van der Waals surface area contributed by atoms with Crippen LogP contribution in [0.3, 0.4) is 0 Å². The highest BCUT2D eigenvalue weighted by Crippen LogP contribution is 2.30. The Morgan fingerprint density at radius 3 is 2.30 bits per heavy atom. The fourth-order valence-electron chi connectivity index (χ4n) is 3.15. The summed E-state index contributed by atoms with van der Waals surface area (Å²) in [7, 11) is -2.39. The number of sulfonamides is 1. The van der Waals surface area contributed by atoms with Crippen LogP contribution in [0.15, 0.2) is 47.4 Å². The van der Waals surface area contributed by atoms with E-state index in [-0.39, 0.29) is 23.0 Å². The molecule has 9 nitrogen and oxygen atoms in total. The average molecular weight is 456 g/mol. The van der Waals surface area contributed by atoms with Crippen molar-refractivity contribution >= 4 is 27.3 Å². The van der Waals surface area contributed by atoms with E-state index in [1.54, 1.807) is 7.11 Å². The van der Waals surface area contributed by atoms with Gasteiger partial charge >= 0.3 is 0 Å². The monoisotopic (exact) mass is 455 g/mol. The number of hydrogen-bond donors (Lipinski definition) is 0. The molecule has 0 atom stereocenters. The second-order valence-corrected chi connectivity index (χ2v) is 8.98. The van der Waals surface area contributed by atoms with E-state index in [9.17, 15) is 18.5 Å². The molecular weight excluding hydrogens is 434 g/mol. The molecule has 0 spiro atoms. The molecule has 2 aromatic carbocycles. The Bertz CT molecular complexity index is 992. The Morgan fingerprint density at radius 2 is 1.70 bits per heavy atom. The number of halogens is 1. The topological polar surface area (TPSA) is 102 Å². The van der Waals surface area contributed by atoms with Gasteiger partial charge in [0.15, 0.2) is 4.90 Å². The molecule has 1 fully saturated rings. The third-order valence-electron chi connectivity index (χ3n) is 4.80. The van der Waals surface area contributed by atoms with Crippen molar-refractivity contribution in [3.63, 3.8) is 0 Å². The van der Waals surface area contributed by atoms with Crippen LogP contribution in [0.1, 0.15) is 0 Å². The van der Waals surface area contributed by atoms with Gasteiger partial charge in [0.1, 0.15) is 18.1 Å². The first kappa shape index (κ1) is 22.3. The number of benzene rings is 2. The smallest absolute Gasteiger partial charge is 0.290 e. The number of methoxy groups -OCH3 is 1. The number of ether oxygens (including phenoxy) is 2. The molecule has 2 aromatic rings. The van der Waals surface area contributed by atoms with Gasteiger partial charge < -0.3 is 9.47 Å². The van der Waals surface area contributed by atoms with Crippen molar-refractivity contribution in [3.05, 3.63) is 57.6 Å². The summed E-state index contributed by atoms with van der Waals surface area (Å²) in [6, 6.07) is 10.9. The van der Waals surface area contributed by atoms with Crippen molar-refractivity contribution in [2.24, 2.45) is 0 Å². The van der Waals surface area contributed by atoms with Gasteiger partial charge in [0, 0.05) is 43.8 Å². The van der Waals surface area contributed by atoms with E-state index in [1.165, 1.54) is 16.4 Å². The normalized spacial score (nSPS) is 15.7. The van der Waals surface area contributed by atoms with Crippen LogP contribution >= 0.6 is 11.6 Å². The van der Waals surface area contributed by atoms with Crippen molar-refractivity contribution in [2.45, 2.75) is 4.90 Å². The van der Waals surface area contributed by atoms with Crippen LogP contribution in [-0.2, 0) is 10.0 Å². The lowest BCUT2D eigenvalue weighted by Crippen LogP contribution is -2.49. The number of nitrogens with zero attached hydrogens (tertiary/aromatic N) is 3. The van der Waals surface area contributed by atoms with Gasteiger partial charge in [-0.3, -0.25) is 15.0 Å². The Hall–Kier alpha value is -2.40. The molecule has 0 N–H and O–H groups in total. The summed E-state index contributed by atoms with van der Waals surface area (Å²) in [6.45, 7) is 2.59. The molecule has 0 aliphatic carbocycles. The fourth-order valence-corrected chi connectivity index (χ4v) is 4.87. The van der Waals surface area contributed by atoms with E-state index in [0.29, 0.717) is 26.2 Å². The van der Waals surface area contributed by atoms with Gasteiger partial charge in [0.2, 0.25) is 10.0 Å². The van der Waals surface area contributed by atoms with Crippen LogP contribution in [-0.4, -0.2) is 69.0 Å². The highest BCUT2D eigenvalue weighted by atomic mass is 35.5. The maximum absolute atomic E-state index is 12.9. The molecule has 0 radical (unpaired) electrons. The van der Waals surface area contributed by atoms with Crippen molar-refractivity contribution < 1.29 is 22.8 Å². The van der Waals surface area contributed by atoms with Gasteiger partial charge in [-0.1, -0.05) is 11.6 Å². The first-order valence-electron chi connectivity index (χ1n) is 9.24. The van der Waals surface area contributed by atoms with E-state index in [4.69, 9.17) is 21.1 Å². The fraction of sp³-hybridized carbons (Fsp3) is 0.368. The Morgan fingerprint density at radius 1 is 1.07 bits per heavy atom. The van der Waals surface area contributed by atoms with Crippen molar-refractivity contribution in [2.75, 3.05) is 46.4 Å². The summed E-state index contributed by atoms with van der Waals surface area (Å²) in [6.07, 6.45) is 0. The highest BCUT2D eigenvalue weighted by Gasteiger charge is 2.33. The molecule has 11 heteroatoms. The van der Waals surface area contributed by atoms with Crippen LogP contribution in [0.25, 0.3) is 0 Å². The van der Waals surface area contributed by atoms with E-state index in [1.807, 2.05) is 24.3 Å². The third kappa shape index (κ3) is 5.20. The average Bonchev–Trinajstić information content (AvgIpc) is 2.74. The van der Waals surface area contributed by atoms with Crippen LogP contribution in [0.4, 0.5) is 5.69 Å². The van der Waals surface area contributed by atoms with Gasteiger partial charge in [-0.05, 0) is 36.4 Å². The van der Waals surface area contributed by atoms with Crippen LogP contribution < -0.4 is 9.47 Å². The summed E-state index contributed by atoms with van der Waals surface area (Å²) in [5.41, 5.74) is -0.516. The predicted molar refractivity (Wildman–Crippen MR) is 112 cm³/mol. The summed E-state index contributed by atoms with van der Waals surface area (Å²) in [4.78, 5) is 12.3. The molecule has 162 valence electrons. The number of piperazine rings is 1. The zero-order chi connectivity index (χ0) is 21.7. The molecule has 0 unspecified atom stereocenters. The van der Waals surface area contributed by atoms with Crippen molar-refractivity contribution in [3.8, 4) is 11.5 Å². The van der Waals surface area contributed by atoms with Crippen LogP contribution in [0.2, 0.25) is 5.02 Å². The van der Waals surface area contributed by atoms with Crippen LogP contribution in [0, 0.1) is 10.1 Å².